The summed E-state index contributed by atoms with van der Waals surface area (Å²) in [5.41, 5.74) is 3.94. The normalized spacial score (nSPS) is 15.6. The lowest BCUT2D eigenvalue weighted by atomic mass is 9.97. The number of aryl methyl sites for hydroxylation is 2. The molecular weight excluding hydrogens is 356 g/mol. The molecule has 4 rings (SSSR count). The monoisotopic (exact) mass is 380 g/mol. The first kappa shape index (κ1) is 18.4. The topological polar surface area (TPSA) is 84.4 Å². The predicted octanol–water partition coefficient (Wildman–Crippen LogP) is 3.76. The van der Waals surface area contributed by atoms with E-state index in [1.165, 1.54) is 5.56 Å². The molecule has 0 radical (unpaired) electrons. The lowest BCUT2D eigenvalue weighted by Crippen LogP contribution is -2.38. The molecule has 1 aromatic carbocycles. The van der Waals surface area contributed by atoms with Crippen LogP contribution in [-0.2, 0) is 4.79 Å². The van der Waals surface area contributed by atoms with Gasteiger partial charge in [-0.1, -0.05) is 17.7 Å². The summed E-state index contributed by atoms with van der Waals surface area (Å²) in [6.45, 7) is 6.10. The Morgan fingerprint density at radius 1 is 1.21 bits per heavy atom. The Morgan fingerprint density at radius 2 is 2.04 bits per heavy atom. The minimum Gasteiger partial charge on any atom is -0.472 e. The molecule has 0 unspecified atom stereocenters. The molecule has 1 saturated heterocycles. The molecule has 1 aliphatic heterocycles. The Kier molecular flexibility index (Phi) is 5.25. The molecule has 3 aromatic rings. The van der Waals surface area contributed by atoms with Gasteiger partial charge in [-0.05, 0) is 57.5 Å². The molecule has 0 atom stereocenters. The van der Waals surface area contributed by atoms with Crippen LogP contribution >= 0.6 is 0 Å². The van der Waals surface area contributed by atoms with Gasteiger partial charge in [-0.3, -0.25) is 9.69 Å². The molecule has 146 valence electrons. The Morgan fingerprint density at radius 3 is 2.75 bits per heavy atom. The zero-order chi connectivity index (χ0) is 19.5. The maximum Gasteiger partial charge on any atom is 0.250 e. The average molecular weight is 380 g/mol. The van der Waals surface area contributed by atoms with Crippen LogP contribution in [0.5, 0.6) is 0 Å². The minimum absolute atomic E-state index is 0.0189. The SMILES string of the molecule is Cc1ccc(NC(=O)CN2CCC(c3nnc(-c4ccoc4)o3)CC2)c(C)c1. The van der Waals surface area contributed by atoms with Crippen molar-refractivity contribution in [3.05, 3.63) is 53.8 Å². The number of likely N-dealkylation sites (tertiary alicyclic amines) is 1. The molecule has 0 saturated carbocycles. The van der Waals surface area contributed by atoms with Gasteiger partial charge in [-0.25, -0.2) is 0 Å². The smallest absolute Gasteiger partial charge is 0.250 e. The molecule has 0 aliphatic carbocycles. The lowest BCUT2D eigenvalue weighted by Gasteiger charge is -2.29. The maximum absolute atomic E-state index is 12.4. The van der Waals surface area contributed by atoms with Crippen molar-refractivity contribution in [2.24, 2.45) is 0 Å². The third-order valence-corrected chi connectivity index (χ3v) is 5.17. The Balaban J connectivity index is 1.29. The first-order chi connectivity index (χ1) is 13.6. The van der Waals surface area contributed by atoms with E-state index in [1.54, 1.807) is 18.6 Å². The Labute approximate surface area is 163 Å². The van der Waals surface area contributed by atoms with Crippen molar-refractivity contribution in [1.29, 1.82) is 0 Å². The summed E-state index contributed by atoms with van der Waals surface area (Å²) >= 11 is 0. The number of carbonyl (C=O) groups excluding carboxylic acids is 1. The summed E-state index contributed by atoms with van der Waals surface area (Å²) in [7, 11) is 0. The number of rotatable bonds is 5. The number of amides is 1. The minimum atomic E-state index is 0.0189. The van der Waals surface area contributed by atoms with Crippen molar-refractivity contribution in [2.75, 3.05) is 25.0 Å². The molecule has 0 bridgehead atoms. The number of hydrogen-bond acceptors (Lipinski definition) is 6. The van der Waals surface area contributed by atoms with Crippen LogP contribution in [0.3, 0.4) is 0 Å². The van der Waals surface area contributed by atoms with E-state index in [0.29, 0.717) is 18.3 Å². The van der Waals surface area contributed by atoms with E-state index in [9.17, 15) is 4.79 Å². The van der Waals surface area contributed by atoms with E-state index >= 15 is 0 Å². The van der Waals surface area contributed by atoms with Crippen LogP contribution in [0.2, 0.25) is 0 Å². The molecule has 7 nitrogen and oxygen atoms in total. The van der Waals surface area contributed by atoms with E-state index in [-0.39, 0.29) is 11.8 Å². The summed E-state index contributed by atoms with van der Waals surface area (Å²) < 4.78 is 10.9. The van der Waals surface area contributed by atoms with Crippen molar-refractivity contribution >= 4 is 11.6 Å². The van der Waals surface area contributed by atoms with Crippen LogP contribution in [0.1, 0.15) is 35.8 Å². The third kappa shape index (κ3) is 4.14. The highest BCUT2D eigenvalue weighted by Crippen LogP contribution is 2.29. The van der Waals surface area contributed by atoms with Gasteiger partial charge in [0.25, 0.3) is 5.89 Å². The van der Waals surface area contributed by atoms with Crippen molar-refractivity contribution in [2.45, 2.75) is 32.6 Å². The number of piperidine rings is 1. The average Bonchev–Trinajstić information content (AvgIpc) is 3.36. The number of nitrogens with zero attached hydrogens (tertiary/aromatic N) is 3. The second-order valence-electron chi connectivity index (χ2n) is 7.37. The number of nitrogens with one attached hydrogen (secondary N) is 1. The zero-order valence-electron chi connectivity index (χ0n) is 16.1. The highest BCUT2D eigenvalue weighted by Gasteiger charge is 2.26. The van der Waals surface area contributed by atoms with E-state index in [2.05, 4.69) is 26.5 Å². The van der Waals surface area contributed by atoms with Gasteiger partial charge in [-0.2, -0.15) is 0 Å². The van der Waals surface area contributed by atoms with Crippen LogP contribution < -0.4 is 5.32 Å². The zero-order valence-corrected chi connectivity index (χ0v) is 16.1. The molecule has 0 spiro atoms. The highest BCUT2D eigenvalue weighted by molar-refractivity contribution is 5.93. The molecule has 1 amide bonds. The van der Waals surface area contributed by atoms with E-state index < -0.39 is 0 Å². The number of aromatic nitrogens is 2. The maximum atomic E-state index is 12.4. The molecule has 1 fully saturated rings. The van der Waals surface area contributed by atoms with Gasteiger partial charge in [0.1, 0.15) is 6.26 Å². The van der Waals surface area contributed by atoms with Gasteiger partial charge in [0.15, 0.2) is 0 Å². The second kappa shape index (κ2) is 7.98. The van der Waals surface area contributed by atoms with Gasteiger partial charge in [0.05, 0.1) is 18.4 Å². The Hall–Kier alpha value is -2.93. The number of hydrogen-bond donors (Lipinski definition) is 1. The Bertz CT molecular complexity index is 940. The fourth-order valence-corrected chi connectivity index (χ4v) is 3.59. The fraction of sp³-hybridized carbons (Fsp3) is 0.381. The molecule has 7 heteroatoms. The standard InChI is InChI=1S/C21H24N4O3/c1-14-3-4-18(15(2)11-14)22-19(26)12-25-8-5-16(6-9-25)20-23-24-21(28-20)17-7-10-27-13-17/h3-4,7,10-11,13,16H,5-6,8-9,12H2,1-2H3,(H,22,26). The van der Waals surface area contributed by atoms with E-state index in [4.69, 9.17) is 8.83 Å². The van der Waals surface area contributed by atoms with Crippen LogP contribution in [0.25, 0.3) is 11.5 Å². The van der Waals surface area contributed by atoms with Crippen molar-refractivity contribution in [3.8, 4) is 11.5 Å². The van der Waals surface area contributed by atoms with Crippen molar-refractivity contribution < 1.29 is 13.6 Å². The van der Waals surface area contributed by atoms with Gasteiger partial charge < -0.3 is 14.2 Å². The lowest BCUT2D eigenvalue weighted by molar-refractivity contribution is -0.117. The summed E-state index contributed by atoms with van der Waals surface area (Å²) in [5.74, 6) is 1.40. The molecule has 28 heavy (non-hydrogen) atoms. The first-order valence-electron chi connectivity index (χ1n) is 9.54. The quantitative estimate of drug-likeness (QED) is 0.725. The number of anilines is 1. The largest absolute Gasteiger partial charge is 0.472 e. The summed E-state index contributed by atoms with van der Waals surface area (Å²) in [5, 5.41) is 11.3. The van der Waals surface area contributed by atoms with Crippen molar-refractivity contribution in [1.82, 2.24) is 15.1 Å². The van der Waals surface area contributed by atoms with E-state index in [0.717, 1.165) is 42.7 Å². The molecule has 2 aromatic heterocycles. The third-order valence-electron chi connectivity index (χ3n) is 5.17. The van der Waals surface area contributed by atoms with Crippen molar-refractivity contribution in [3.63, 3.8) is 0 Å². The van der Waals surface area contributed by atoms with Crippen LogP contribution in [-0.4, -0.2) is 40.6 Å². The predicted molar refractivity (Wildman–Crippen MR) is 105 cm³/mol. The number of benzene rings is 1. The molecular formula is C21H24N4O3. The number of carbonyl (C=O) groups is 1. The van der Waals surface area contributed by atoms with Crippen LogP contribution in [0.4, 0.5) is 5.69 Å². The molecule has 1 N–H and O–H groups in total. The van der Waals surface area contributed by atoms with E-state index in [1.807, 2.05) is 26.0 Å². The molecule has 3 heterocycles. The van der Waals surface area contributed by atoms with Crippen LogP contribution in [0, 0.1) is 13.8 Å². The highest BCUT2D eigenvalue weighted by atomic mass is 16.4. The molecule has 1 aliphatic rings. The van der Waals surface area contributed by atoms with Gasteiger partial charge in [0.2, 0.25) is 11.8 Å². The first-order valence-corrected chi connectivity index (χ1v) is 9.54. The van der Waals surface area contributed by atoms with Gasteiger partial charge >= 0.3 is 0 Å². The second-order valence-corrected chi connectivity index (χ2v) is 7.37. The summed E-state index contributed by atoms with van der Waals surface area (Å²) in [6, 6.07) is 7.84. The summed E-state index contributed by atoms with van der Waals surface area (Å²) in [4.78, 5) is 14.6. The summed E-state index contributed by atoms with van der Waals surface area (Å²) in [6.07, 6.45) is 4.96. The van der Waals surface area contributed by atoms with Crippen LogP contribution in [0.15, 0.2) is 45.6 Å². The van der Waals surface area contributed by atoms with Gasteiger partial charge in [0, 0.05) is 11.6 Å². The fourth-order valence-electron chi connectivity index (χ4n) is 3.59. The number of furan rings is 1. The van der Waals surface area contributed by atoms with Gasteiger partial charge in [-0.15, -0.1) is 10.2 Å².